The topological polar surface area (TPSA) is 113 Å². The van der Waals surface area contributed by atoms with Crippen molar-refractivity contribution in [2.45, 2.75) is 24.0 Å². The molecule has 2 aliphatic heterocycles. The third-order valence-corrected chi connectivity index (χ3v) is 7.34. The fraction of sp³-hybridized carbons (Fsp3) is 0.417. The zero-order valence-corrected chi connectivity index (χ0v) is 20.1. The Kier molecular flexibility index (Phi) is 7.09. The van der Waals surface area contributed by atoms with Gasteiger partial charge in [0, 0.05) is 31.3 Å². The number of fused-ring (bicyclic) bond motifs is 2. The fourth-order valence-electron chi connectivity index (χ4n) is 4.56. The first-order valence-corrected chi connectivity index (χ1v) is 12.5. The van der Waals surface area contributed by atoms with E-state index in [0.29, 0.717) is 47.5 Å². The number of aliphatic hydroxyl groups is 1. The molecule has 1 saturated heterocycles. The molecule has 2 atom stereocenters. The average molecular weight is 499 g/mol. The summed E-state index contributed by atoms with van der Waals surface area (Å²) < 4.78 is 19.8. The molecule has 1 fully saturated rings. The van der Waals surface area contributed by atoms with Gasteiger partial charge in [-0.05, 0) is 43.6 Å². The molecular formula is C24H27FN6O3S. The number of aromatic nitrogens is 3. The van der Waals surface area contributed by atoms with E-state index < -0.39 is 11.9 Å². The number of rotatable bonds is 8. The monoisotopic (exact) mass is 498 g/mol. The number of nitrogens with one attached hydrogen (secondary N) is 2. The van der Waals surface area contributed by atoms with Crippen molar-refractivity contribution >= 4 is 34.5 Å². The van der Waals surface area contributed by atoms with E-state index in [-0.39, 0.29) is 11.5 Å². The number of carbonyl (C=O) groups is 1. The van der Waals surface area contributed by atoms with Crippen LogP contribution in [-0.4, -0.2) is 69.9 Å². The Morgan fingerprint density at radius 3 is 3.09 bits per heavy atom. The van der Waals surface area contributed by atoms with Crippen LogP contribution >= 0.6 is 11.8 Å². The third-order valence-electron chi connectivity index (χ3n) is 6.29. The standard InChI is InChI=1S/C24H27FN6O3S/c1-34-21-5-3-17-23(30-21)22(16(25)10-27-17)18(32)12-31-7-6-14(11-31)8-26-9-15-2-4-19-24(28-15)29-20(33)13-35-19/h2-5,10,14,18,26,32H,6-9,11-13H2,1H3,(H,28,29,33)/t14-,18+/m0/s1. The Balaban J connectivity index is 1.15. The third kappa shape index (κ3) is 5.37. The number of methoxy groups -OCH3 is 1. The molecule has 184 valence electrons. The molecule has 1 amide bonds. The lowest BCUT2D eigenvalue weighted by atomic mass is 10.1. The van der Waals surface area contributed by atoms with Crippen molar-refractivity contribution in [3.8, 4) is 5.88 Å². The number of halogens is 1. The van der Waals surface area contributed by atoms with E-state index in [1.807, 2.05) is 12.1 Å². The van der Waals surface area contributed by atoms with Crippen LogP contribution in [0.3, 0.4) is 0 Å². The minimum Gasteiger partial charge on any atom is -0.481 e. The molecule has 0 unspecified atom stereocenters. The van der Waals surface area contributed by atoms with Crippen LogP contribution in [0.25, 0.3) is 11.0 Å². The van der Waals surface area contributed by atoms with Gasteiger partial charge in [-0.2, -0.15) is 0 Å². The smallest absolute Gasteiger partial charge is 0.235 e. The Labute approximate surface area is 206 Å². The number of hydrogen-bond acceptors (Lipinski definition) is 9. The molecule has 3 aromatic heterocycles. The second-order valence-corrected chi connectivity index (χ2v) is 9.81. The van der Waals surface area contributed by atoms with Crippen LogP contribution < -0.4 is 15.4 Å². The molecule has 2 aliphatic rings. The Morgan fingerprint density at radius 1 is 1.34 bits per heavy atom. The summed E-state index contributed by atoms with van der Waals surface area (Å²) in [6.07, 6.45) is 1.08. The molecule has 11 heteroatoms. The fourth-order valence-corrected chi connectivity index (χ4v) is 5.32. The number of pyridine rings is 3. The quantitative estimate of drug-likeness (QED) is 0.431. The molecule has 3 N–H and O–H groups in total. The van der Waals surface area contributed by atoms with E-state index in [0.717, 1.165) is 42.8 Å². The summed E-state index contributed by atoms with van der Waals surface area (Å²) in [6, 6.07) is 7.34. The van der Waals surface area contributed by atoms with Crippen LogP contribution in [-0.2, 0) is 11.3 Å². The van der Waals surface area contributed by atoms with Crippen molar-refractivity contribution in [2.75, 3.05) is 44.4 Å². The lowest BCUT2D eigenvalue weighted by Gasteiger charge is -2.21. The molecule has 5 heterocycles. The predicted octanol–water partition coefficient (Wildman–Crippen LogP) is 2.36. The highest BCUT2D eigenvalue weighted by Crippen LogP contribution is 2.30. The van der Waals surface area contributed by atoms with Crippen LogP contribution in [0.1, 0.15) is 23.8 Å². The number of amides is 1. The molecule has 0 aliphatic carbocycles. The first kappa shape index (κ1) is 23.9. The van der Waals surface area contributed by atoms with Crippen molar-refractivity contribution in [3.63, 3.8) is 0 Å². The molecule has 0 bridgehead atoms. The number of carbonyl (C=O) groups excluding carboxylic acids is 1. The number of nitrogens with zero attached hydrogens (tertiary/aromatic N) is 4. The van der Waals surface area contributed by atoms with Crippen LogP contribution in [0.4, 0.5) is 10.2 Å². The van der Waals surface area contributed by atoms with Crippen molar-refractivity contribution < 1.29 is 19.0 Å². The number of β-amino-alcohol motifs (C(OH)–C–C–N with tert-alkyl or cyclic N) is 1. The maximum absolute atomic E-state index is 14.6. The van der Waals surface area contributed by atoms with Gasteiger partial charge in [0.05, 0.1) is 41.3 Å². The van der Waals surface area contributed by atoms with E-state index in [1.54, 1.807) is 12.1 Å². The van der Waals surface area contributed by atoms with Crippen LogP contribution in [0, 0.1) is 11.7 Å². The zero-order chi connectivity index (χ0) is 24.4. The maximum atomic E-state index is 14.6. The zero-order valence-electron chi connectivity index (χ0n) is 19.3. The normalized spacial score (nSPS) is 18.9. The number of aliphatic hydroxyl groups excluding tert-OH is 1. The van der Waals surface area contributed by atoms with Gasteiger partial charge in [0.1, 0.15) is 17.2 Å². The van der Waals surface area contributed by atoms with Gasteiger partial charge >= 0.3 is 0 Å². The van der Waals surface area contributed by atoms with Gasteiger partial charge in [0.15, 0.2) is 0 Å². The molecule has 0 radical (unpaired) electrons. The number of thioether (sulfide) groups is 1. The summed E-state index contributed by atoms with van der Waals surface area (Å²) in [5, 5.41) is 17.2. The maximum Gasteiger partial charge on any atom is 0.235 e. The average Bonchev–Trinajstić information content (AvgIpc) is 3.30. The summed E-state index contributed by atoms with van der Waals surface area (Å²) in [5.41, 5.74) is 1.86. The molecule has 5 rings (SSSR count). The van der Waals surface area contributed by atoms with E-state index in [9.17, 15) is 14.3 Å². The molecule has 0 saturated carbocycles. The second kappa shape index (κ2) is 10.4. The minimum atomic E-state index is -1.03. The second-order valence-electron chi connectivity index (χ2n) is 8.79. The van der Waals surface area contributed by atoms with Gasteiger partial charge < -0.3 is 25.4 Å². The van der Waals surface area contributed by atoms with E-state index in [2.05, 4.69) is 30.5 Å². The Morgan fingerprint density at radius 2 is 2.23 bits per heavy atom. The van der Waals surface area contributed by atoms with E-state index >= 15 is 0 Å². The summed E-state index contributed by atoms with van der Waals surface area (Å²) in [4.78, 5) is 27.7. The SMILES string of the molecule is COc1ccc2ncc(F)c([C@H](O)CN3CC[C@@H](CNCc4ccc5c(n4)NC(=O)CS5)C3)c2n1. The van der Waals surface area contributed by atoms with Gasteiger partial charge in [-0.15, -0.1) is 11.8 Å². The summed E-state index contributed by atoms with van der Waals surface area (Å²) in [6.45, 7) is 3.35. The van der Waals surface area contributed by atoms with Gasteiger partial charge in [-0.3, -0.25) is 9.78 Å². The van der Waals surface area contributed by atoms with Crippen LogP contribution in [0.15, 0.2) is 35.4 Å². The highest BCUT2D eigenvalue weighted by atomic mass is 32.2. The lowest BCUT2D eigenvalue weighted by Crippen LogP contribution is -2.30. The van der Waals surface area contributed by atoms with E-state index in [1.165, 1.54) is 18.9 Å². The van der Waals surface area contributed by atoms with Crippen molar-refractivity contribution in [1.29, 1.82) is 0 Å². The highest BCUT2D eigenvalue weighted by Gasteiger charge is 2.27. The summed E-state index contributed by atoms with van der Waals surface area (Å²) in [5.74, 6) is 1.22. The molecule has 3 aromatic rings. The molecule has 0 aromatic carbocycles. The minimum absolute atomic E-state index is 0.0251. The predicted molar refractivity (Wildman–Crippen MR) is 131 cm³/mol. The Hall–Kier alpha value is -2.86. The molecule has 0 spiro atoms. The molecule has 35 heavy (non-hydrogen) atoms. The number of anilines is 1. The van der Waals surface area contributed by atoms with Gasteiger partial charge in [0.2, 0.25) is 11.8 Å². The number of likely N-dealkylation sites (tertiary alicyclic amines) is 1. The summed E-state index contributed by atoms with van der Waals surface area (Å²) in [7, 11) is 1.49. The highest BCUT2D eigenvalue weighted by molar-refractivity contribution is 8.00. The lowest BCUT2D eigenvalue weighted by molar-refractivity contribution is -0.113. The Bertz CT molecular complexity index is 1250. The molecular weight excluding hydrogens is 471 g/mol. The van der Waals surface area contributed by atoms with Crippen LogP contribution in [0.2, 0.25) is 0 Å². The molecule has 9 nitrogen and oxygen atoms in total. The van der Waals surface area contributed by atoms with Crippen molar-refractivity contribution in [1.82, 2.24) is 25.2 Å². The van der Waals surface area contributed by atoms with Crippen LogP contribution in [0.5, 0.6) is 5.88 Å². The van der Waals surface area contributed by atoms with Gasteiger partial charge in [0.25, 0.3) is 0 Å². The summed E-state index contributed by atoms with van der Waals surface area (Å²) >= 11 is 1.50. The first-order valence-electron chi connectivity index (χ1n) is 11.5. The number of hydrogen-bond donors (Lipinski definition) is 3. The first-order chi connectivity index (χ1) is 17.0. The van der Waals surface area contributed by atoms with Crippen molar-refractivity contribution in [2.24, 2.45) is 5.92 Å². The van der Waals surface area contributed by atoms with E-state index in [4.69, 9.17) is 4.74 Å². The van der Waals surface area contributed by atoms with Crippen molar-refractivity contribution in [3.05, 3.63) is 47.5 Å². The number of ether oxygens (including phenoxy) is 1. The largest absolute Gasteiger partial charge is 0.481 e. The van der Waals surface area contributed by atoms with Gasteiger partial charge in [-0.1, -0.05) is 0 Å². The van der Waals surface area contributed by atoms with Gasteiger partial charge in [-0.25, -0.2) is 14.4 Å².